The van der Waals surface area contributed by atoms with E-state index in [0.717, 1.165) is 0 Å². The number of thioether (sulfide) groups is 1. The maximum atomic E-state index is 2.51. The Bertz CT molecular complexity index is 1210. The van der Waals surface area contributed by atoms with Gasteiger partial charge in [-0.1, -0.05) is 0 Å². The van der Waals surface area contributed by atoms with Gasteiger partial charge in [-0.3, -0.25) is 0 Å². The predicted molar refractivity (Wildman–Crippen MR) is 129 cm³/mol. The number of halogens is 2. The summed E-state index contributed by atoms with van der Waals surface area (Å²) >= 11 is -0.306. The largest absolute Gasteiger partial charge is 1.00 e. The van der Waals surface area contributed by atoms with Crippen molar-refractivity contribution in [2.45, 2.75) is 27.7 Å². The molecule has 5 rings (SSSR count). The van der Waals surface area contributed by atoms with Crippen LogP contribution in [0, 0.1) is 5.92 Å². The van der Waals surface area contributed by atoms with Gasteiger partial charge in [0, 0.05) is 0 Å². The molecule has 1 aromatic carbocycles. The third kappa shape index (κ3) is 4.00. The molecular weight excluding hydrogens is 533 g/mol. The first kappa shape index (κ1) is 25.5. The predicted octanol–water partition coefficient (Wildman–Crippen LogP) is 1.05. The van der Waals surface area contributed by atoms with Crippen molar-refractivity contribution >= 4 is 20.7 Å². The Morgan fingerprint density at radius 2 is 1.72 bits per heavy atom. The fourth-order valence-corrected chi connectivity index (χ4v) is 13.8. The number of nitrogens with zero attached hydrogens (tertiary/aromatic N) is 1. The summed E-state index contributed by atoms with van der Waals surface area (Å²) in [5.41, 5.74) is 8.52. The number of rotatable bonds is 4. The van der Waals surface area contributed by atoms with Crippen LogP contribution in [0.3, 0.4) is 0 Å². The van der Waals surface area contributed by atoms with Gasteiger partial charge in [0.05, 0.1) is 0 Å². The van der Waals surface area contributed by atoms with Crippen LogP contribution in [0.2, 0.25) is 0 Å². The second kappa shape index (κ2) is 10.0. The van der Waals surface area contributed by atoms with Crippen LogP contribution in [-0.4, -0.2) is 9.46 Å². The summed E-state index contributed by atoms with van der Waals surface area (Å²) in [6.07, 6.45) is 16.6. The van der Waals surface area contributed by atoms with Crippen LogP contribution in [-0.2, 0) is 21.3 Å². The van der Waals surface area contributed by atoms with Crippen molar-refractivity contribution < 1.29 is 46.1 Å². The van der Waals surface area contributed by atoms with Crippen molar-refractivity contribution in [1.82, 2.24) is 0 Å². The molecule has 0 radical (unpaired) electrons. The molecule has 0 amide bonds. The van der Waals surface area contributed by atoms with E-state index in [9.17, 15) is 0 Å². The molecule has 5 heteroatoms. The Hall–Kier alpha value is -1.12. The summed E-state index contributed by atoms with van der Waals surface area (Å²) in [6.45, 7) is 9.37. The molecule has 1 heterocycles. The number of hydrogen-bond acceptors (Lipinski definition) is 2. The van der Waals surface area contributed by atoms with Crippen molar-refractivity contribution in [2.75, 3.05) is 11.2 Å². The molecule has 1 unspecified atom stereocenters. The van der Waals surface area contributed by atoms with Crippen LogP contribution >= 0.6 is 11.8 Å². The van der Waals surface area contributed by atoms with Crippen LogP contribution < -0.4 is 29.7 Å². The summed E-state index contributed by atoms with van der Waals surface area (Å²) in [5.74, 6) is 0.437. The smallest absolute Gasteiger partial charge is 1.00 e. The van der Waals surface area contributed by atoms with E-state index in [1.54, 1.807) is 9.77 Å². The van der Waals surface area contributed by atoms with Crippen molar-refractivity contribution in [2.24, 2.45) is 5.92 Å². The monoisotopic (exact) mass is 557 g/mol. The summed E-state index contributed by atoms with van der Waals surface area (Å²) in [7, 11) is 0. The van der Waals surface area contributed by atoms with E-state index in [0.29, 0.717) is 5.92 Å². The topological polar surface area (TPSA) is 3.24 Å². The molecule has 1 aliphatic heterocycles. The zero-order valence-corrected chi connectivity index (χ0v) is 23.8. The van der Waals surface area contributed by atoms with Crippen molar-refractivity contribution in [3.63, 3.8) is 0 Å². The zero-order chi connectivity index (χ0) is 21.0. The van der Waals surface area contributed by atoms with Gasteiger partial charge in [0.1, 0.15) is 0 Å². The molecule has 0 fully saturated rings. The van der Waals surface area contributed by atoms with Crippen LogP contribution in [0.4, 0.5) is 5.69 Å². The average molecular weight is 560 g/mol. The van der Waals surface area contributed by atoms with E-state index in [-0.39, 0.29) is 24.8 Å². The fraction of sp³-hybridized carbons (Fsp3) is 0.222. The van der Waals surface area contributed by atoms with Crippen molar-refractivity contribution in [3.8, 4) is 0 Å². The van der Waals surface area contributed by atoms with Crippen molar-refractivity contribution in [3.05, 3.63) is 106 Å². The van der Waals surface area contributed by atoms with Crippen LogP contribution in [0.1, 0.15) is 27.7 Å². The van der Waals surface area contributed by atoms with Gasteiger partial charge in [-0.2, -0.15) is 0 Å². The third-order valence-electron chi connectivity index (χ3n) is 6.36. The van der Waals surface area contributed by atoms with Crippen LogP contribution in [0.25, 0.3) is 0 Å². The molecule has 1 atom stereocenters. The SMILES string of the molecule is CSC1=CC=C2C=C[C]([Zr+2]([C]3=C(C)C=C4C3C=C(C)N4c3ccccc3)=[C](C)C)=C21.[Cl-].[Cl-]. The minimum absolute atomic E-state index is 0. The maximum absolute atomic E-state index is 2.51. The summed E-state index contributed by atoms with van der Waals surface area (Å²) in [6, 6.07) is 10.8. The quantitative estimate of drug-likeness (QED) is 0.543. The molecule has 0 saturated carbocycles. The first-order valence-corrected chi connectivity index (χ1v) is 15.5. The number of benzene rings is 1. The van der Waals surface area contributed by atoms with Gasteiger partial charge >= 0.3 is 193 Å². The van der Waals surface area contributed by atoms with Crippen LogP contribution in [0.5, 0.6) is 0 Å². The van der Waals surface area contributed by atoms with E-state index in [1.807, 2.05) is 11.8 Å². The normalized spacial score (nSPS) is 20.0. The average Bonchev–Trinajstić information content (AvgIpc) is 3.45. The molecule has 32 heavy (non-hydrogen) atoms. The van der Waals surface area contributed by atoms with E-state index < -0.39 is 21.3 Å². The van der Waals surface area contributed by atoms with E-state index in [2.05, 4.69) is 106 Å². The first-order chi connectivity index (χ1) is 14.5. The number of para-hydroxylation sites is 1. The Kier molecular flexibility index (Phi) is 7.99. The van der Waals surface area contributed by atoms with E-state index in [4.69, 9.17) is 0 Å². The van der Waals surface area contributed by atoms with Crippen molar-refractivity contribution in [1.29, 1.82) is 0 Å². The van der Waals surface area contributed by atoms with Gasteiger partial charge in [0.2, 0.25) is 0 Å². The Labute approximate surface area is 216 Å². The fourth-order valence-electron chi connectivity index (χ4n) is 5.18. The number of allylic oxidation sites excluding steroid dienone is 11. The minimum Gasteiger partial charge on any atom is -1.00 e. The first-order valence-electron chi connectivity index (χ1n) is 10.5. The molecule has 1 aromatic rings. The Morgan fingerprint density at radius 1 is 1.00 bits per heavy atom. The molecule has 0 aromatic heterocycles. The molecule has 3 aliphatic carbocycles. The Morgan fingerprint density at radius 3 is 2.38 bits per heavy atom. The molecule has 0 saturated heterocycles. The molecule has 164 valence electrons. The summed E-state index contributed by atoms with van der Waals surface area (Å²) in [4.78, 5) is 3.90. The van der Waals surface area contributed by atoms with Crippen LogP contribution in [0.15, 0.2) is 106 Å². The maximum Gasteiger partial charge on any atom is -1.00 e. The standard InChI is InChI=1S/C15H14N.C9H7S.C3H6.2ClH.Zr/c1-11-8-13-10-12(2)16(15(13)9-11)14-6-4-3-5-7-14;1-10-9-6-5-7-3-2-4-8(7)9;1-3-2;;;/h3-7,9-10,13H,1-2H3;2-3,5-6H,1H3;1-2H3;2*1H;/q;;;;;+2/p-2. The zero-order valence-electron chi connectivity index (χ0n) is 19.0. The van der Waals surface area contributed by atoms with Gasteiger partial charge in [-0.15, -0.1) is 0 Å². The van der Waals surface area contributed by atoms with Gasteiger partial charge in [-0.25, -0.2) is 0 Å². The molecule has 0 bridgehead atoms. The van der Waals surface area contributed by atoms with Gasteiger partial charge < -0.3 is 24.8 Å². The number of fused-ring (bicyclic) bond motifs is 2. The minimum atomic E-state index is -2.19. The van der Waals surface area contributed by atoms with E-state index in [1.165, 1.54) is 38.7 Å². The number of anilines is 1. The van der Waals surface area contributed by atoms with E-state index >= 15 is 0 Å². The molecule has 0 spiro atoms. The molecule has 4 aliphatic rings. The van der Waals surface area contributed by atoms with Gasteiger partial charge in [0.15, 0.2) is 0 Å². The second-order valence-electron chi connectivity index (χ2n) is 8.48. The van der Waals surface area contributed by atoms with Gasteiger partial charge in [-0.05, 0) is 0 Å². The summed E-state index contributed by atoms with van der Waals surface area (Å²) < 4.78 is 5.06. The van der Waals surface area contributed by atoms with Gasteiger partial charge in [0.25, 0.3) is 0 Å². The Balaban J connectivity index is 0.00000144. The third-order valence-corrected chi connectivity index (χ3v) is 15.0. The second-order valence-corrected chi connectivity index (χ2v) is 16.3. The molecule has 1 nitrogen and oxygen atoms in total. The summed E-state index contributed by atoms with van der Waals surface area (Å²) in [5, 5.41) is 0. The molecular formula is C27H27Cl2NSZr. The molecule has 0 N–H and O–H groups in total. The number of hydrogen-bond donors (Lipinski definition) is 0.